The molecule has 0 spiro atoms. The van der Waals surface area contributed by atoms with Crippen LogP contribution in [-0.4, -0.2) is 21.0 Å². The Morgan fingerprint density at radius 3 is 3.00 bits per heavy atom. The Bertz CT molecular complexity index is 478. The summed E-state index contributed by atoms with van der Waals surface area (Å²) in [4.78, 5) is 16.9. The number of nitrogens with one attached hydrogen (secondary N) is 1. The molecule has 0 saturated heterocycles. The first-order valence-corrected chi connectivity index (χ1v) is 3.54. The van der Waals surface area contributed by atoms with Gasteiger partial charge in [-0.25, -0.2) is 14.2 Å². The monoisotopic (exact) mass is 180 g/mol. The number of fused-ring (bicyclic) bond motifs is 1. The Labute approximate surface area is 72.0 Å². The standard InChI is InChI=1S/C8H5FN2O2/c9-5-1-4(8(12)13)2-6-7(5)11-3-10-6/h1-3H,(H,10,11)(H,12,13). The Kier molecular flexibility index (Phi) is 1.51. The van der Waals surface area contributed by atoms with Crippen molar-refractivity contribution in [2.75, 3.05) is 0 Å². The van der Waals surface area contributed by atoms with Crippen LogP contribution in [0.4, 0.5) is 4.39 Å². The van der Waals surface area contributed by atoms with Crippen LogP contribution in [0, 0.1) is 5.82 Å². The van der Waals surface area contributed by atoms with Crippen LogP contribution in [0.3, 0.4) is 0 Å². The van der Waals surface area contributed by atoms with E-state index < -0.39 is 11.8 Å². The lowest BCUT2D eigenvalue weighted by Gasteiger charge is -1.95. The summed E-state index contributed by atoms with van der Waals surface area (Å²) >= 11 is 0. The van der Waals surface area contributed by atoms with Gasteiger partial charge in [0, 0.05) is 0 Å². The van der Waals surface area contributed by atoms with Crippen LogP contribution in [0.25, 0.3) is 11.0 Å². The van der Waals surface area contributed by atoms with Crippen molar-refractivity contribution in [2.24, 2.45) is 0 Å². The Balaban J connectivity index is 2.77. The van der Waals surface area contributed by atoms with Crippen LogP contribution in [-0.2, 0) is 0 Å². The molecule has 66 valence electrons. The molecule has 0 atom stereocenters. The maximum absolute atomic E-state index is 13.1. The Hall–Kier alpha value is -1.91. The molecule has 1 heterocycles. The second kappa shape index (κ2) is 2.55. The average Bonchev–Trinajstić information content (AvgIpc) is 2.51. The number of carboxylic acids is 1. The van der Waals surface area contributed by atoms with E-state index in [1.807, 2.05) is 0 Å². The Morgan fingerprint density at radius 2 is 2.31 bits per heavy atom. The van der Waals surface area contributed by atoms with Gasteiger partial charge in [-0.1, -0.05) is 0 Å². The van der Waals surface area contributed by atoms with E-state index in [2.05, 4.69) is 9.97 Å². The third-order valence-electron chi connectivity index (χ3n) is 1.72. The van der Waals surface area contributed by atoms with Crippen LogP contribution < -0.4 is 0 Å². The van der Waals surface area contributed by atoms with Gasteiger partial charge in [0.1, 0.15) is 5.52 Å². The number of carbonyl (C=O) groups is 1. The van der Waals surface area contributed by atoms with Crippen molar-refractivity contribution in [3.8, 4) is 0 Å². The number of imidazole rings is 1. The van der Waals surface area contributed by atoms with Gasteiger partial charge >= 0.3 is 5.97 Å². The quantitative estimate of drug-likeness (QED) is 0.697. The van der Waals surface area contributed by atoms with Crippen molar-refractivity contribution < 1.29 is 14.3 Å². The molecule has 2 rings (SSSR count). The van der Waals surface area contributed by atoms with Crippen LogP contribution in [0.2, 0.25) is 0 Å². The molecule has 0 amide bonds. The van der Waals surface area contributed by atoms with Gasteiger partial charge in [-0.15, -0.1) is 0 Å². The van der Waals surface area contributed by atoms with Crippen LogP contribution in [0.1, 0.15) is 10.4 Å². The molecule has 0 unspecified atom stereocenters. The summed E-state index contributed by atoms with van der Waals surface area (Å²) in [7, 11) is 0. The molecule has 1 aromatic heterocycles. The lowest BCUT2D eigenvalue weighted by molar-refractivity contribution is 0.0696. The van der Waals surface area contributed by atoms with E-state index >= 15 is 0 Å². The maximum atomic E-state index is 13.1. The highest BCUT2D eigenvalue weighted by molar-refractivity contribution is 5.92. The van der Waals surface area contributed by atoms with E-state index in [0.29, 0.717) is 5.52 Å². The molecule has 1 aromatic carbocycles. The molecule has 0 aliphatic carbocycles. The van der Waals surface area contributed by atoms with Gasteiger partial charge in [-0.2, -0.15) is 0 Å². The Morgan fingerprint density at radius 1 is 1.54 bits per heavy atom. The molecular formula is C8H5FN2O2. The number of H-pyrrole nitrogens is 1. The van der Waals surface area contributed by atoms with Crippen molar-refractivity contribution in [3.05, 3.63) is 29.8 Å². The summed E-state index contributed by atoms with van der Waals surface area (Å²) < 4.78 is 13.1. The van der Waals surface area contributed by atoms with Crippen molar-refractivity contribution in [3.63, 3.8) is 0 Å². The number of hydrogen-bond donors (Lipinski definition) is 2. The topological polar surface area (TPSA) is 66.0 Å². The molecule has 13 heavy (non-hydrogen) atoms. The summed E-state index contributed by atoms with van der Waals surface area (Å²) in [6, 6.07) is 2.29. The minimum absolute atomic E-state index is 0.0887. The van der Waals surface area contributed by atoms with Gasteiger partial charge in [0.15, 0.2) is 5.82 Å². The fourth-order valence-corrected chi connectivity index (χ4v) is 1.13. The molecule has 0 aliphatic rings. The van der Waals surface area contributed by atoms with E-state index in [0.717, 1.165) is 6.07 Å². The summed E-state index contributed by atoms with van der Waals surface area (Å²) in [6.07, 6.45) is 1.32. The van der Waals surface area contributed by atoms with Crippen molar-refractivity contribution in [1.29, 1.82) is 0 Å². The summed E-state index contributed by atoms with van der Waals surface area (Å²) in [5.74, 6) is -1.79. The lowest BCUT2D eigenvalue weighted by Crippen LogP contribution is -1.97. The number of aromatic amines is 1. The third kappa shape index (κ3) is 1.14. The van der Waals surface area contributed by atoms with Gasteiger partial charge in [0.2, 0.25) is 0 Å². The first-order valence-electron chi connectivity index (χ1n) is 3.54. The number of aromatic carboxylic acids is 1. The van der Waals surface area contributed by atoms with E-state index in [1.165, 1.54) is 12.4 Å². The molecule has 0 radical (unpaired) electrons. The largest absolute Gasteiger partial charge is 0.478 e. The van der Waals surface area contributed by atoms with Gasteiger partial charge in [-0.05, 0) is 12.1 Å². The fraction of sp³-hybridized carbons (Fsp3) is 0. The molecule has 0 bridgehead atoms. The molecule has 0 aliphatic heterocycles. The van der Waals surface area contributed by atoms with Crippen molar-refractivity contribution in [1.82, 2.24) is 9.97 Å². The third-order valence-corrected chi connectivity index (χ3v) is 1.72. The number of carboxylic acid groups (broad SMARTS) is 1. The van der Waals surface area contributed by atoms with Gasteiger partial charge < -0.3 is 10.1 Å². The minimum atomic E-state index is -1.16. The van der Waals surface area contributed by atoms with Gasteiger partial charge in [0.05, 0.1) is 17.4 Å². The predicted molar refractivity (Wildman–Crippen MR) is 43.0 cm³/mol. The zero-order valence-electron chi connectivity index (χ0n) is 6.41. The van der Waals surface area contributed by atoms with Crippen molar-refractivity contribution in [2.45, 2.75) is 0 Å². The highest BCUT2D eigenvalue weighted by Gasteiger charge is 2.09. The number of benzene rings is 1. The number of aromatic nitrogens is 2. The summed E-state index contributed by atoms with van der Waals surface area (Å²) in [5, 5.41) is 8.61. The normalized spacial score (nSPS) is 10.5. The van der Waals surface area contributed by atoms with E-state index in [4.69, 9.17) is 5.11 Å². The molecule has 4 nitrogen and oxygen atoms in total. The zero-order chi connectivity index (χ0) is 9.42. The number of rotatable bonds is 1. The van der Waals surface area contributed by atoms with Crippen LogP contribution >= 0.6 is 0 Å². The molecule has 5 heteroatoms. The number of hydrogen-bond acceptors (Lipinski definition) is 2. The molecule has 0 fully saturated rings. The van der Waals surface area contributed by atoms with Gasteiger partial charge in [-0.3, -0.25) is 0 Å². The first kappa shape index (κ1) is 7.72. The molecule has 2 N–H and O–H groups in total. The highest BCUT2D eigenvalue weighted by Crippen LogP contribution is 2.16. The maximum Gasteiger partial charge on any atom is 0.335 e. The predicted octanol–water partition coefficient (Wildman–Crippen LogP) is 1.40. The van der Waals surface area contributed by atoms with Gasteiger partial charge in [0.25, 0.3) is 0 Å². The number of halogens is 1. The SMILES string of the molecule is O=C(O)c1cc(F)c2nc[nH]c2c1. The van der Waals surface area contributed by atoms with Crippen molar-refractivity contribution >= 4 is 17.0 Å². The highest BCUT2D eigenvalue weighted by atomic mass is 19.1. The van der Waals surface area contributed by atoms with E-state index in [9.17, 15) is 9.18 Å². The second-order valence-corrected chi connectivity index (χ2v) is 2.56. The van der Waals surface area contributed by atoms with E-state index in [1.54, 1.807) is 0 Å². The number of nitrogens with zero attached hydrogens (tertiary/aromatic N) is 1. The summed E-state index contributed by atoms with van der Waals surface area (Å²) in [6.45, 7) is 0. The van der Waals surface area contributed by atoms with Crippen LogP contribution in [0.5, 0.6) is 0 Å². The molecule has 2 aromatic rings. The summed E-state index contributed by atoms with van der Waals surface area (Å²) in [5.41, 5.74) is 0.455. The average molecular weight is 180 g/mol. The lowest BCUT2D eigenvalue weighted by atomic mass is 10.2. The second-order valence-electron chi connectivity index (χ2n) is 2.56. The molecule has 0 saturated carbocycles. The van der Waals surface area contributed by atoms with Crippen LogP contribution in [0.15, 0.2) is 18.5 Å². The smallest absolute Gasteiger partial charge is 0.335 e. The fourth-order valence-electron chi connectivity index (χ4n) is 1.13. The minimum Gasteiger partial charge on any atom is -0.478 e. The zero-order valence-corrected chi connectivity index (χ0v) is 6.41. The first-order chi connectivity index (χ1) is 6.18. The molecular weight excluding hydrogens is 175 g/mol. The van der Waals surface area contributed by atoms with E-state index in [-0.39, 0.29) is 11.1 Å².